The summed E-state index contributed by atoms with van der Waals surface area (Å²) in [5.41, 5.74) is 19.7. The first-order valence-electron chi connectivity index (χ1n) is 30.4. The molecule has 0 radical (unpaired) electrons. The van der Waals surface area contributed by atoms with Gasteiger partial charge in [0.05, 0.1) is 33.1 Å². The van der Waals surface area contributed by atoms with E-state index in [0.29, 0.717) is 0 Å². The van der Waals surface area contributed by atoms with E-state index in [2.05, 4.69) is 359 Å². The molecule has 0 unspecified atom stereocenters. The minimum atomic E-state index is -2.67. The summed E-state index contributed by atoms with van der Waals surface area (Å²) in [6.45, 7) is 0. The second kappa shape index (κ2) is 21.0. The van der Waals surface area contributed by atoms with E-state index < -0.39 is 8.07 Å². The SMILES string of the molecule is c1ccc(-c2ccc3c(c2)c2cc(-c4ccccc4)ccc2n3-c2ccc3c4ccccc4n(-c4cc(-c5ccc(-c6ccc([Si](c7ccccc7)(c7ccccc7)c7ccccc7)cc6)cc5)cc(-n5c6ccccc6c6ccccc65)c4)c3c2)cc1. The van der Waals surface area contributed by atoms with Crippen molar-refractivity contribution < 1.29 is 0 Å². The average molecular weight is 1140 g/mol. The van der Waals surface area contributed by atoms with Crippen LogP contribution in [0.15, 0.2) is 346 Å². The monoisotopic (exact) mass is 1140 g/mol. The molecule has 0 spiro atoms. The van der Waals surface area contributed by atoms with Gasteiger partial charge in [-0.3, -0.25) is 0 Å². The fourth-order valence-corrected chi connectivity index (χ4v) is 19.1. The molecule has 0 saturated heterocycles. The van der Waals surface area contributed by atoms with E-state index in [-0.39, 0.29) is 0 Å². The van der Waals surface area contributed by atoms with Crippen LogP contribution in [-0.4, -0.2) is 21.8 Å². The number of aromatic nitrogens is 3. The van der Waals surface area contributed by atoms with Gasteiger partial charge >= 0.3 is 0 Å². The van der Waals surface area contributed by atoms with E-state index in [1.54, 1.807) is 0 Å². The molecular formula is C84H57N3Si. The molecule has 0 aliphatic heterocycles. The van der Waals surface area contributed by atoms with Gasteiger partial charge in [0.1, 0.15) is 0 Å². The second-order valence-electron chi connectivity index (χ2n) is 23.2. The van der Waals surface area contributed by atoms with Gasteiger partial charge in [0, 0.05) is 49.4 Å². The van der Waals surface area contributed by atoms with Crippen LogP contribution in [0.4, 0.5) is 0 Å². The van der Waals surface area contributed by atoms with Crippen molar-refractivity contribution in [1.82, 2.24) is 13.7 Å². The Morgan fingerprint density at radius 3 is 0.909 bits per heavy atom. The highest BCUT2D eigenvalue weighted by Crippen LogP contribution is 2.42. The number of fused-ring (bicyclic) bond motifs is 9. The minimum Gasteiger partial charge on any atom is -0.309 e. The Labute approximate surface area is 512 Å². The summed E-state index contributed by atoms with van der Waals surface area (Å²) in [5, 5.41) is 12.8. The Morgan fingerprint density at radius 2 is 0.466 bits per heavy atom. The molecule has 0 fully saturated rings. The third kappa shape index (κ3) is 8.33. The summed E-state index contributed by atoms with van der Waals surface area (Å²) in [4.78, 5) is 0. The first kappa shape index (κ1) is 51.1. The lowest BCUT2D eigenvalue weighted by Gasteiger charge is -2.34. The molecule has 0 atom stereocenters. The lowest BCUT2D eigenvalue weighted by atomic mass is 9.99. The zero-order valence-electron chi connectivity index (χ0n) is 48.3. The van der Waals surface area contributed by atoms with Crippen LogP contribution < -0.4 is 20.7 Å². The predicted molar refractivity (Wildman–Crippen MR) is 375 cm³/mol. The Balaban J connectivity index is 0.835. The zero-order valence-corrected chi connectivity index (χ0v) is 49.3. The van der Waals surface area contributed by atoms with Crippen molar-refractivity contribution in [3.8, 4) is 61.6 Å². The maximum atomic E-state index is 2.50. The van der Waals surface area contributed by atoms with Crippen LogP contribution >= 0.6 is 0 Å². The molecule has 0 bridgehead atoms. The molecule has 3 aromatic heterocycles. The standard InChI is InChI=1S/C84H57N3Si/c1-6-22-58(23-7-1)63-44-50-82-77(54-63)78-55-64(59-24-8-2-9-25-59)45-51-83(78)85(82)66-46-49-76-75-34-18-21-37-81(75)87(84(76)57-66)68-53-65(52-67(56-68)86-79-35-19-16-32-73(79)74-33-17-20-36-80(74)86)62-40-38-60(39-41-62)61-42-47-72(48-43-61)88(69-26-10-3-11-27-69,70-28-12-4-13-29-70)71-30-14-5-15-31-71/h1-57H. The molecule has 4 heteroatoms. The van der Waals surface area contributed by atoms with Gasteiger partial charge in [-0.15, -0.1) is 0 Å². The summed E-state index contributed by atoms with van der Waals surface area (Å²) in [6, 6.07) is 128. The van der Waals surface area contributed by atoms with E-state index in [0.717, 1.165) is 39.2 Å². The van der Waals surface area contributed by atoms with Crippen molar-refractivity contribution >= 4 is 94.2 Å². The van der Waals surface area contributed by atoms with Crippen molar-refractivity contribution in [2.75, 3.05) is 0 Å². The van der Waals surface area contributed by atoms with Gasteiger partial charge in [-0.2, -0.15) is 0 Å². The van der Waals surface area contributed by atoms with Crippen LogP contribution in [-0.2, 0) is 0 Å². The summed E-state index contributed by atoms with van der Waals surface area (Å²) >= 11 is 0. The predicted octanol–water partition coefficient (Wildman–Crippen LogP) is 19.0. The number of rotatable bonds is 11. The molecule has 3 nitrogen and oxygen atoms in total. The zero-order chi connectivity index (χ0) is 58.1. The molecule has 14 aromatic carbocycles. The first-order chi connectivity index (χ1) is 43.6. The molecular weight excluding hydrogens is 1080 g/mol. The van der Waals surface area contributed by atoms with Crippen LogP contribution in [0, 0.1) is 0 Å². The Morgan fingerprint density at radius 1 is 0.159 bits per heavy atom. The number of para-hydroxylation sites is 3. The summed E-state index contributed by atoms with van der Waals surface area (Å²) in [7, 11) is -2.67. The van der Waals surface area contributed by atoms with Gasteiger partial charge in [-0.25, -0.2) is 0 Å². The molecule has 0 aliphatic carbocycles. The third-order valence-corrected chi connectivity index (χ3v) is 23.2. The Hall–Kier alpha value is -11.3. The van der Waals surface area contributed by atoms with E-state index in [1.165, 1.54) is 109 Å². The van der Waals surface area contributed by atoms with E-state index in [4.69, 9.17) is 0 Å². The highest BCUT2D eigenvalue weighted by atomic mass is 28.3. The minimum absolute atomic E-state index is 1.09. The van der Waals surface area contributed by atoms with Gasteiger partial charge in [0.15, 0.2) is 8.07 Å². The van der Waals surface area contributed by atoms with Crippen molar-refractivity contribution in [2.24, 2.45) is 0 Å². The summed E-state index contributed by atoms with van der Waals surface area (Å²) in [5.74, 6) is 0. The van der Waals surface area contributed by atoms with Crippen LogP contribution in [0.3, 0.4) is 0 Å². The molecule has 17 rings (SSSR count). The Kier molecular flexibility index (Phi) is 12.2. The number of hydrogen-bond donors (Lipinski definition) is 0. The van der Waals surface area contributed by atoms with E-state index >= 15 is 0 Å². The number of nitrogens with zero attached hydrogens (tertiary/aromatic N) is 3. The van der Waals surface area contributed by atoms with Gasteiger partial charge in [-0.05, 0) is 138 Å². The first-order valence-corrected chi connectivity index (χ1v) is 32.4. The summed E-state index contributed by atoms with van der Waals surface area (Å²) in [6.07, 6.45) is 0. The van der Waals surface area contributed by atoms with Crippen LogP contribution in [0.1, 0.15) is 0 Å². The topological polar surface area (TPSA) is 14.8 Å². The van der Waals surface area contributed by atoms with Crippen LogP contribution in [0.2, 0.25) is 0 Å². The molecule has 17 aromatic rings. The van der Waals surface area contributed by atoms with Gasteiger partial charge in [-0.1, -0.05) is 273 Å². The molecule has 0 N–H and O–H groups in total. The Bertz CT molecular complexity index is 5210. The quantitative estimate of drug-likeness (QED) is 0.0906. The lowest BCUT2D eigenvalue weighted by molar-refractivity contribution is 1.13. The van der Waals surface area contributed by atoms with Gasteiger partial charge in [0.25, 0.3) is 0 Å². The van der Waals surface area contributed by atoms with Crippen LogP contribution in [0.25, 0.3) is 127 Å². The molecule has 412 valence electrons. The number of benzene rings is 14. The van der Waals surface area contributed by atoms with Crippen molar-refractivity contribution in [3.63, 3.8) is 0 Å². The maximum absolute atomic E-state index is 2.67. The molecule has 0 aliphatic rings. The highest BCUT2D eigenvalue weighted by molar-refractivity contribution is 7.19. The van der Waals surface area contributed by atoms with Crippen LogP contribution in [0.5, 0.6) is 0 Å². The normalized spacial score (nSPS) is 11.9. The fourth-order valence-electron chi connectivity index (χ4n) is 14.4. The van der Waals surface area contributed by atoms with E-state index in [9.17, 15) is 0 Å². The molecule has 88 heavy (non-hydrogen) atoms. The van der Waals surface area contributed by atoms with Gasteiger partial charge in [0.2, 0.25) is 0 Å². The van der Waals surface area contributed by atoms with E-state index in [1.807, 2.05) is 0 Å². The number of hydrogen-bond acceptors (Lipinski definition) is 0. The van der Waals surface area contributed by atoms with Crippen molar-refractivity contribution in [2.45, 2.75) is 0 Å². The van der Waals surface area contributed by atoms with Gasteiger partial charge < -0.3 is 13.7 Å². The smallest absolute Gasteiger partial charge is 0.179 e. The molecule has 0 amide bonds. The molecule has 3 heterocycles. The average Bonchev–Trinajstić information content (AvgIpc) is 1.71. The van der Waals surface area contributed by atoms with Crippen molar-refractivity contribution in [1.29, 1.82) is 0 Å². The molecule has 0 saturated carbocycles. The fraction of sp³-hybridized carbons (Fsp3) is 0. The third-order valence-electron chi connectivity index (χ3n) is 18.4. The lowest BCUT2D eigenvalue weighted by Crippen LogP contribution is -2.74. The van der Waals surface area contributed by atoms with Crippen molar-refractivity contribution in [3.05, 3.63) is 346 Å². The maximum Gasteiger partial charge on any atom is 0.179 e. The highest BCUT2D eigenvalue weighted by Gasteiger charge is 2.41. The second-order valence-corrected chi connectivity index (χ2v) is 27.0. The largest absolute Gasteiger partial charge is 0.309 e. The summed E-state index contributed by atoms with van der Waals surface area (Å²) < 4.78 is 7.44.